The van der Waals surface area contributed by atoms with Gasteiger partial charge < -0.3 is 10.4 Å². The first kappa shape index (κ1) is 7.03. The van der Waals surface area contributed by atoms with Crippen LogP contribution < -0.4 is 5.32 Å². The van der Waals surface area contributed by atoms with E-state index in [-0.39, 0.29) is 0 Å². The average molecular weight is 129 g/mol. The van der Waals surface area contributed by atoms with Crippen molar-refractivity contribution in [3.8, 4) is 0 Å². The Kier molecular flexibility index (Phi) is 1.78. The van der Waals surface area contributed by atoms with Crippen LogP contribution in [0.4, 0.5) is 0 Å². The van der Waals surface area contributed by atoms with Crippen LogP contribution in [0, 0.1) is 5.92 Å². The summed E-state index contributed by atoms with van der Waals surface area (Å²) < 4.78 is 0. The van der Waals surface area contributed by atoms with Crippen LogP contribution in [0.3, 0.4) is 0 Å². The number of aliphatic hydroxyl groups is 1. The van der Waals surface area contributed by atoms with Crippen LogP contribution in [0.25, 0.3) is 0 Å². The zero-order valence-corrected chi connectivity index (χ0v) is 6.15. The summed E-state index contributed by atoms with van der Waals surface area (Å²) in [6, 6.07) is 0. The van der Waals surface area contributed by atoms with E-state index in [0.29, 0.717) is 5.92 Å². The SMILES string of the molecule is C[C@H]1CCNC[C@]1(C)O. The lowest BCUT2D eigenvalue weighted by molar-refractivity contribution is -0.0115. The molecule has 1 fully saturated rings. The third-order valence-corrected chi connectivity index (χ3v) is 2.30. The van der Waals surface area contributed by atoms with Crippen LogP contribution in [0.15, 0.2) is 0 Å². The van der Waals surface area contributed by atoms with Crippen molar-refractivity contribution in [3.05, 3.63) is 0 Å². The van der Waals surface area contributed by atoms with Gasteiger partial charge in [-0.05, 0) is 25.8 Å². The molecule has 2 heteroatoms. The van der Waals surface area contributed by atoms with Crippen LogP contribution in [0.5, 0.6) is 0 Å². The third-order valence-electron chi connectivity index (χ3n) is 2.30. The lowest BCUT2D eigenvalue weighted by Gasteiger charge is -2.35. The van der Waals surface area contributed by atoms with E-state index in [9.17, 15) is 5.11 Å². The summed E-state index contributed by atoms with van der Waals surface area (Å²) in [5.41, 5.74) is -0.474. The van der Waals surface area contributed by atoms with E-state index in [0.717, 1.165) is 19.5 Å². The van der Waals surface area contributed by atoms with Crippen LogP contribution in [-0.4, -0.2) is 23.8 Å². The number of piperidine rings is 1. The molecule has 1 heterocycles. The number of hydrogen-bond donors (Lipinski definition) is 2. The lowest BCUT2D eigenvalue weighted by Crippen LogP contribution is -2.48. The van der Waals surface area contributed by atoms with E-state index < -0.39 is 5.60 Å². The molecule has 0 aromatic carbocycles. The quantitative estimate of drug-likeness (QED) is 0.495. The van der Waals surface area contributed by atoms with Gasteiger partial charge in [-0.2, -0.15) is 0 Å². The van der Waals surface area contributed by atoms with Crippen molar-refractivity contribution >= 4 is 0 Å². The van der Waals surface area contributed by atoms with Gasteiger partial charge in [0.2, 0.25) is 0 Å². The molecule has 1 aliphatic heterocycles. The Morgan fingerprint density at radius 3 is 2.67 bits per heavy atom. The first-order chi connectivity index (χ1) is 4.13. The molecule has 0 bridgehead atoms. The monoisotopic (exact) mass is 129 g/mol. The molecule has 1 rings (SSSR count). The van der Waals surface area contributed by atoms with Crippen molar-refractivity contribution in [2.45, 2.75) is 25.9 Å². The van der Waals surface area contributed by atoms with E-state index in [1.54, 1.807) is 0 Å². The van der Waals surface area contributed by atoms with Crippen molar-refractivity contribution < 1.29 is 5.11 Å². The summed E-state index contributed by atoms with van der Waals surface area (Å²) in [6.07, 6.45) is 1.09. The number of hydrogen-bond acceptors (Lipinski definition) is 2. The summed E-state index contributed by atoms with van der Waals surface area (Å²) >= 11 is 0. The van der Waals surface area contributed by atoms with Gasteiger partial charge in [-0.15, -0.1) is 0 Å². The zero-order chi connectivity index (χ0) is 6.91. The highest BCUT2D eigenvalue weighted by Crippen LogP contribution is 2.21. The third kappa shape index (κ3) is 1.43. The Morgan fingerprint density at radius 2 is 2.33 bits per heavy atom. The second-order valence-electron chi connectivity index (χ2n) is 3.22. The summed E-state index contributed by atoms with van der Waals surface area (Å²) in [5.74, 6) is 0.443. The van der Waals surface area contributed by atoms with E-state index >= 15 is 0 Å². The molecule has 0 aromatic rings. The standard InChI is InChI=1S/C7H15NO/c1-6-3-4-8-5-7(6,2)9/h6,8-9H,3-5H2,1-2H3/t6-,7-/m0/s1. The minimum atomic E-state index is -0.474. The Balaban J connectivity index is 2.49. The molecule has 0 saturated carbocycles. The van der Waals surface area contributed by atoms with Gasteiger partial charge in [-0.1, -0.05) is 6.92 Å². The minimum absolute atomic E-state index is 0.443. The fourth-order valence-electron chi connectivity index (χ4n) is 1.15. The summed E-state index contributed by atoms with van der Waals surface area (Å²) in [7, 11) is 0. The summed E-state index contributed by atoms with van der Waals surface area (Å²) in [4.78, 5) is 0. The summed E-state index contributed by atoms with van der Waals surface area (Å²) in [5, 5.41) is 12.7. The van der Waals surface area contributed by atoms with E-state index in [1.807, 2.05) is 6.92 Å². The van der Waals surface area contributed by atoms with Crippen LogP contribution >= 0.6 is 0 Å². The van der Waals surface area contributed by atoms with E-state index in [1.165, 1.54) is 0 Å². The van der Waals surface area contributed by atoms with Crippen LogP contribution in [-0.2, 0) is 0 Å². The first-order valence-electron chi connectivity index (χ1n) is 3.56. The molecule has 2 N–H and O–H groups in total. The Bertz CT molecular complexity index is 101. The largest absolute Gasteiger partial charge is 0.389 e. The first-order valence-corrected chi connectivity index (χ1v) is 3.56. The Morgan fingerprint density at radius 1 is 1.67 bits per heavy atom. The second kappa shape index (κ2) is 2.27. The van der Waals surface area contributed by atoms with Crippen molar-refractivity contribution in [1.82, 2.24) is 5.32 Å². The average Bonchev–Trinajstić information content (AvgIpc) is 1.77. The van der Waals surface area contributed by atoms with Gasteiger partial charge in [0, 0.05) is 6.54 Å². The maximum absolute atomic E-state index is 9.58. The molecule has 0 unspecified atom stereocenters. The van der Waals surface area contributed by atoms with Gasteiger partial charge in [0.15, 0.2) is 0 Å². The van der Waals surface area contributed by atoms with Crippen molar-refractivity contribution in [3.63, 3.8) is 0 Å². The minimum Gasteiger partial charge on any atom is -0.389 e. The van der Waals surface area contributed by atoms with Gasteiger partial charge in [0.05, 0.1) is 5.60 Å². The van der Waals surface area contributed by atoms with Gasteiger partial charge >= 0.3 is 0 Å². The van der Waals surface area contributed by atoms with E-state index in [4.69, 9.17) is 0 Å². The topological polar surface area (TPSA) is 32.3 Å². The smallest absolute Gasteiger partial charge is 0.0769 e. The molecule has 2 nitrogen and oxygen atoms in total. The molecular formula is C7H15NO. The Hall–Kier alpha value is -0.0800. The predicted molar refractivity (Wildman–Crippen MR) is 37.3 cm³/mol. The molecule has 0 spiro atoms. The van der Waals surface area contributed by atoms with Gasteiger partial charge in [0.25, 0.3) is 0 Å². The second-order valence-corrected chi connectivity index (χ2v) is 3.22. The molecule has 0 amide bonds. The highest BCUT2D eigenvalue weighted by Gasteiger charge is 2.30. The van der Waals surface area contributed by atoms with Gasteiger partial charge in [-0.3, -0.25) is 0 Å². The molecule has 1 saturated heterocycles. The van der Waals surface area contributed by atoms with Crippen LogP contribution in [0.1, 0.15) is 20.3 Å². The number of β-amino-alcohol motifs (C(OH)–C–C–N with tert-alkyl or cyclic N) is 1. The number of rotatable bonds is 0. The Labute approximate surface area is 56.3 Å². The van der Waals surface area contributed by atoms with Crippen molar-refractivity contribution in [2.75, 3.05) is 13.1 Å². The zero-order valence-electron chi connectivity index (χ0n) is 6.15. The molecule has 9 heavy (non-hydrogen) atoms. The molecule has 1 aliphatic rings. The highest BCUT2D eigenvalue weighted by molar-refractivity contribution is 4.85. The fraction of sp³-hybridized carbons (Fsp3) is 1.00. The maximum Gasteiger partial charge on any atom is 0.0769 e. The summed E-state index contributed by atoms with van der Waals surface area (Å²) in [6.45, 7) is 5.79. The molecule has 0 aliphatic carbocycles. The normalized spacial score (nSPS) is 45.0. The molecule has 0 radical (unpaired) electrons. The number of nitrogens with one attached hydrogen (secondary N) is 1. The van der Waals surface area contributed by atoms with Crippen LogP contribution in [0.2, 0.25) is 0 Å². The van der Waals surface area contributed by atoms with E-state index in [2.05, 4.69) is 12.2 Å². The van der Waals surface area contributed by atoms with Gasteiger partial charge in [0.1, 0.15) is 0 Å². The van der Waals surface area contributed by atoms with Gasteiger partial charge in [-0.25, -0.2) is 0 Å². The maximum atomic E-state index is 9.58. The van der Waals surface area contributed by atoms with Crippen molar-refractivity contribution in [1.29, 1.82) is 0 Å². The lowest BCUT2D eigenvalue weighted by atomic mass is 9.85. The van der Waals surface area contributed by atoms with Crippen molar-refractivity contribution in [2.24, 2.45) is 5.92 Å². The predicted octanol–water partition coefficient (Wildman–Crippen LogP) is 0.367. The highest BCUT2D eigenvalue weighted by atomic mass is 16.3. The molecule has 2 atom stereocenters. The molecular weight excluding hydrogens is 114 g/mol. The fourth-order valence-corrected chi connectivity index (χ4v) is 1.15. The molecule has 0 aromatic heterocycles. The molecule has 54 valence electrons.